The van der Waals surface area contributed by atoms with Gasteiger partial charge in [-0.05, 0) is 18.4 Å². The van der Waals surface area contributed by atoms with Gasteiger partial charge in [-0.25, -0.2) is 0 Å². The van der Waals surface area contributed by atoms with Crippen LogP contribution < -0.4 is 10.4 Å². The Morgan fingerprint density at radius 2 is 2.05 bits per heavy atom. The molecule has 0 saturated carbocycles. The number of hydrogen-bond donors (Lipinski definition) is 1. The van der Waals surface area contributed by atoms with Gasteiger partial charge in [0.1, 0.15) is 0 Å². The van der Waals surface area contributed by atoms with Gasteiger partial charge in [0, 0.05) is 11.5 Å². The maximum atomic E-state index is 11.3. The number of allylic oxidation sites excluding steroid dienone is 2. The van der Waals surface area contributed by atoms with Crippen LogP contribution in [0.3, 0.4) is 0 Å². The first-order valence-electron chi connectivity index (χ1n) is 5.82. The number of aliphatic carboxylic acids is 1. The Hall–Kier alpha value is -0.900. The first kappa shape index (κ1) is 13.1. The van der Waals surface area contributed by atoms with E-state index in [2.05, 4.69) is 5.32 Å². The van der Waals surface area contributed by atoms with Crippen molar-refractivity contribution in [3.05, 3.63) is 38.8 Å². The summed E-state index contributed by atoms with van der Waals surface area (Å²) in [5.41, 5.74) is 1.31. The summed E-state index contributed by atoms with van der Waals surface area (Å²) in [6, 6.07) is 0.741. The Balaban J connectivity index is 2.21. The fourth-order valence-corrected chi connectivity index (χ4v) is 3.70. The maximum absolute atomic E-state index is 11.3. The molecule has 0 saturated heterocycles. The van der Waals surface area contributed by atoms with E-state index >= 15 is 0 Å². The van der Waals surface area contributed by atoms with E-state index in [-0.39, 0.29) is 11.8 Å². The Bertz CT molecular complexity index is 600. The SMILES string of the molecule is O=C([O-])[C@@H]1Nc2c(Cl)cc(Cl)c(Cl)c2[C@@H]2C=CC[C@H]12. The highest BCUT2D eigenvalue weighted by atomic mass is 35.5. The number of carboxylic acid groups (broad SMARTS) is 1. The van der Waals surface area contributed by atoms with E-state index in [0.29, 0.717) is 27.2 Å². The van der Waals surface area contributed by atoms with Gasteiger partial charge in [-0.15, -0.1) is 0 Å². The van der Waals surface area contributed by atoms with Crippen molar-refractivity contribution in [3.63, 3.8) is 0 Å². The molecule has 1 N–H and O–H groups in total. The molecule has 19 heavy (non-hydrogen) atoms. The number of benzene rings is 1. The van der Waals surface area contributed by atoms with E-state index in [0.717, 1.165) is 5.56 Å². The molecule has 100 valence electrons. The van der Waals surface area contributed by atoms with E-state index in [9.17, 15) is 9.90 Å². The zero-order chi connectivity index (χ0) is 13.7. The molecular formula is C13H9Cl3NO2-. The highest BCUT2D eigenvalue weighted by Crippen LogP contribution is 2.51. The van der Waals surface area contributed by atoms with Crippen LogP contribution in [0.5, 0.6) is 0 Å². The van der Waals surface area contributed by atoms with Crippen LogP contribution in [-0.2, 0) is 4.79 Å². The summed E-state index contributed by atoms with van der Waals surface area (Å²) in [5, 5.41) is 15.4. The summed E-state index contributed by atoms with van der Waals surface area (Å²) in [4.78, 5) is 11.3. The summed E-state index contributed by atoms with van der Waals surface area (Å²) in [6.45, 7) is 0. The summed E-state index contributed by atoms with van der Waals surface area (Å²) >= 11 is 18.4. The van der Waals surface area contributed by atoms with Crippen LogP contribution in [0.4, 0.5) is 5.69 Å². The van der Waals surface area contributed by atoms with Crippen LogP contribution in [0.25, 0.3) is 0 Å². The van der Waals surface area contributed by atoms with Crippen LogP contribution in [0.1, 0.15) is 17.9 Å². The third-order valence-electron chi connectivity index (χ3n) is 3.74. The molecule has 0 radical (unpaired) electrons. The van der Waals surface area contributed by atoms with Crippen LogP contribution >= 0.6 is 34.8 Å². The minimum atomic E-state index is -1.13. The average Bonchev–Trinajstić information content (AvgIpc) is 2.82. The minimum Gasteiger partial charge on any atom is -0.548 e. The molecule has 3 rings (SSSR count). The zero-order valence-corrected chi connectivity index (χ0v) is 11.9. The number of hydrogen-bond acceptors (Lipinski definition) is 3. The van der Waals surface area contributed by atoms with Crippen molar-refractivity contribution in [2.75, 3.05) is 5.32 Å². The van der Waals surface area contributed by atoms with Crippen LogP contribution in [0.2, 0.25) is 15.1 Å². The monoisotopic (exact) mass is 316 g/mol. The van der Waals surface area contributed by atoms with Crippen molar-refractivity contribution in [1.82, 2.24) is 0 Å². The third-order valence-corrected chi connectivity index (χ3v) is 4.84. The summed E-state index contributed by atoms with van der Waals surface area (Å²) in [6.07, 6.45) is 4.57. The Kier molecular flexibility index (Phi) is 3.16. The second kappa shape index (κ2) is 4.58. The van der Waals surface area contributed by atoms with Gasteiger partial charge in [0.15, 0.2) is 0 Å². The quantitative estimate of drug-likeness (QED) is 0.640. The van der Waals surface area contributed by atoms with Crippen molar-refractivity contribution < 1.29 is 9.90 Å². The summed E-state index contributed by atoms with van der Waals surface area (Å²) < 4.78 is 0. The molecule has 0 unspecified atom stereocenters. The van der Waals surface area contributed by atoms with Crippen LogP contribution in [-0.4, -0.2) is 12.0 Å². The fraction of sp³-hybridized carbons (Fsp3) is 0.308. The van der Waals surface area contributed by atoms with E-state index < -0.39 is 12.0 Å². The molecule has 0 spiro atoms. The lowest BCUT2D eigenvalue weighted by Crippen LogP contribution is -2.49. The number of carbonyl (C=O) groups excluding carboxylic acids is 1. The Morgan fingerprint density at radius 1 is 1.32 bits per heavy atom. The number of nitrogens with one attached hydrogen (secondary N) is 1. The van der Waals surface area contributed by atoms with Gasteiger partial charge >= 0.3 is 0 Å². The molecule has 1 heterocycles. The zero-order valence-electron chi connectivity index (χ0n) is 9.62. The molecule has 0 aromatic heterocycles. The van der Waals surface area contributed by atoms with Crippen LogP contribution in [0.15, 0.2) is 18.2 Å². The smallest absolute Gasteiger partial charge is 0.0699 e. The summed E-state index contributed by atoms with van der Waals surface area (Å²) in [5.74, 6) is -1.35. The first-order chi connectivity index (χ1) is 9.00. The average molecular weight is 318 g/mol. The predicted octanol–water partition coefficient (Wildman–Crippen LogP) is 2.85. The third kappa shape index (κ3) is 1.92. The van der Waals surface area contributed by atoms with Gasteiger partial charge in [0.25, 0.3) is 0 Å². The molecule has 6 heteroatoms. The minimum absolute atomic E-state index is 0.0946. The molecule has 0 amide bonds. The lowest BCUT2D eigenvalue weighted by atomic mass is 9.79. The van der Waals surface area contributed by atoms with Crippen molar-refractivity contribution in [1.29, 1.82) is 0 Å². The second-order valence-corrected chi connectivity index (χ2v) is 5.93. The fourth-order valence-electron chi connectivity index (χ4n) is 2.90. The van der Waals surface area contributed by atoms with Gasteiger partial charge in [0.05, 0.1) is 32.8 Å². The number of rotatable bonds is 1. The summed E-state index contributed by atoms with van der Waals surface area (Å²) in [7, 11) is 0. The molecule has 1 aromatic carbocycles. The predicted molar refractivity (Wildman–Crippen MR) is 73.9 cm³/mol. The highest BCUT2D eigenvalue weighted by Gasteiger charge is 2.40. The largest absolute Gasteiger partial charge is 0.548 e. The first-order valence-corrected chi connectivity index (χ1v) is 6.95. The van der Waals surface area contributed by atoms with Crippen molar-refractivity contribution in [3.8, 4) is 0 Å². The number of anilines is 1. The molecule has 1 aliphatic heterocycles. The number of halogens is 3. The second-order valence-electron chi connectivity index (χ2n) is 4.74. The molecule has 1 aliphatic carbocycles. The molecule has 0 fully saturated rings. The lowest BCUT2D eigenvalue weighted by molar-refractivity contribution is -0.308. The Labute approximate surface area is 125 Å². The molecular weight excluding hydrogens is 309 g/mol. The molecule has 3 nitrogen and oxygen atoms in total. The molecule has 0 bridgehead atoms. The van der Waals surface area contributed by atoms with Gasteiger partial charge in [-0.3, -0.25) is 0 Å². The van der Waals surface area contributed by atoms with Gasteiger partial charge in [-0.2, -0.15) is 0 Å². The van der Waals surface area contributed by atoms with E-state index in [1.54, 1.807) is 0 Å². The van der Waals surface area contributed by atoms with Crippen molar-refractivity contribution >= 4 is 46.5 Å². The molecule has 2 aliphatic rings. The van der Waals surface area contributed by atoms with Gasteiger partial charge in [0.2, 0.25) is 0 Å². The van der Waals surface area contributed by atoms with Crippen LogP contribution in [0, 0.1) is 5.92 Å². The lowest BCUT2D eigenvalue weighted by Gasteiger charge is -2.38. The molecule has 1 aromatic rings. The highest BCUT2D eigenvalue weighted by molar-refractivity contribution is 6.44. The van der Waals surface area contributed by atoms with E-state index in [4.69, 9.17) is 34.8 Å². The van der Waals surface area contributed by atoms with E-state index in [1.165, 1.54) is 6.07 Å². The maximum Gasteiger partial charge on any atom is 0.0699 e. The topological polar surface area (TPSA) is 52.2 Å². The number of carbonyl (C=O) groups is 1. The number of fused-ring (bicyclic) bond motifs is 3. The van der Waals surface area contributed by atoms with Crippen molar-refractivity contribution in [2.24, 2.45) is 5.92 Å². The van der Waals surface area contributed by atoms with E-state index in [1.807, 2.05) is 12.2 Å². The van der Waals surface area contributed by atoms with Gasteiger partial charge < -0.3 is 15.2 Å². The number of carboxylic acids is 1. The standard InChI is InChI=1S/C13H10Cl3NO2/c14-7-4-8(15)12-9(10(7)16)5-2-1-3-6(5)11(17-12)13(18)19/h1-2,4-6,11,17H,3H2,(H,18,19)/p-1/t5-,6+,11-/m1/s1. The molecule has 3 atom stereocenters. The normalized spacial score (nSPS) is 27.6. The van der Waals surface area contributed by atoms with Gasteiger partial charge in [-0.1, -0.05) is 47.0 Å². The Morgan fingerprint density at radius 3 is 2.74 bits per heavy atom. The van der Waals surface area contributed by atoms with Crippen molar-refractivity contribution in [2.45, 2.75) is 18.4 Å².